The van der Waals surface area contributed by atoms with Gasteiger partial charge in [-0.2, -0.15) is 0 Å². The van der Waals surface area contributed by atoms with Crippen LogP contribution >= 0.6 is 0 Å². The largest absolute Gasteiger partial charge is 0.495 e. The summed E-state index contributed by atoms with van der Waals surface area (Å²) in [5, 5.41) is 14.1. The molecule has 3 fully saturated rings. The minimum Gasteiger partial charge on any atom is -0.495 e. The molecule has 0 radical (unpaired) electrons. The lowest BCUT2D eigenvalue weighted by atomic mass is 9.84. The first kappa shape index (κ1) is 17.8. The number of benzene rings is 1. The van der Waals surface area contributed by atoms with Crippen molar-refractivity contribution in [3.63, 3.8) is 0 Å². The Balaban J connectivity index is 1.48. The van der Waals surface area contributed by atoms with Gasteiger partial charge in [-0.1, -0.05) is 6.92 Å². The normalized spacial score (nSPS) is 23.9. The average molecular weight is 371 g/mol. The summed E-state index contributed by atoms with van der Waals surface area (Å²) in [6.45, 7) is 5.17. The molecule has 8 heteroatoms. The van der Waals surface area contributed by atoms with Gasteiger partial charge in [0, 0.05) is 24.6 Å². The molecule has 3 saturated heterocycles. The molecule has 0 saturated carbocycles. The van der Waals surface area contributed by atoms with Gasteiger partial charge in [-0.05, 0) is 50.0 Å². The number of fused-ring (bicyclic) bond motifs is 3. The Morgan fingerprint density at radius 1 is 1.33 bits per heavy atom. The highest BCUT2D eigenvalue weighted by Gasteiger charge is 2.34. The first-order chi connectivity index (χ1) is 13.2. The number of aryl methyl sites for hydroxylation is 1. The Hall–Kier alpha value is -2.61. The number of ether oxygens (including phenoxy) is 1. The highest BCUT2D eigenvalue weighted by molar-refractivity contribution is 5.92. The van der Waals surface area contributed by atoms with Crippen molar-refractivity contribution in [2.45, 2.75) is 32.2 Å². The highest BCUT2D eigenvalue weighted by atomic mass is 16.5. The van der Waals surface area contributed by atoms with Gasteiger partial charge >= 0.3 is 6.03 Å². The van der Waals surface area contributed by atoms with E-state index in [1.165, 1.54) is 0 Å². The maximum absolute atomic E-state index is 12.6. The molecule has 3 aliphatic heterocycles. The van der Waals surface area contributed by atoms with E-state index in [1.54, 1.807) is 19.2 Å². The lowest BCUT2D eigenvalue weighted by Crippen LogP contribution is -2.57. The number of nitrogens with one attached hydrogen (secondary N) is 2. The standard InChI is InChI=1S/C19H25N5O3/c1-3-17-22-23-18(27-17)13-4-5-16(26-2)14(10-13)20-19(25)21-15-11-24-8-6-12(15)7-9-24/h4-5,10,12,15H,3,6-9,11H2,1-2H3,(H2,20,21,25)/t15-/m1/s1. The lowest BCUT2D eigenvalue weighted by Gasteiger charge is -2.44. The van der Waals surface area contributed by atoms with Gasteiger partial charge in [0.25, 0.3) is 0 Å². The van der Waals surface area contributed by atoms with Crippen molar-refractivity contribution in [3.8, 4) is 17.2 Å². The molecule has 8 nitrogen and oxygen atoms in total. The number of aromatic nitrogens is 2. The fourth-order valence-corrected chi connectivity index (χ4v) is 3.91. The fourth-order valence-electron chi connectivity index (χ4n) is 3.91. The number of carbonyl (C=O) groups excluding carboxylic acids is 1. The summed E-state index contributed by atoms with van der Waals surface area (Å²) in [5.41, 5.74) is 1.31. The molecular weight excluding hydrogens is 346 g/mol. The van der Waals surface area contributed by atoms with Crippen molar-refractivity contribution in [1.29, 1.82) is 0 Å². The molecule has 0 spiro atoms. The summed E-state index contributed by atoms with van der Waals surface area (Å²) in [4.78, 5) is 15.0. The number of amides is 2. The highest BCUT2D eigenvalue weighted by Crippen LogP contribution is 2.31. The van der Waals surface area contributed by atoms with Crippen LogP contribution in [0.3, 0.4) is 0 Å². The minimum absolute atomic E-state index is 0.199. The third kappa shape index (κ3) is 3.75. The lowest BCUT2D eigenvalue weighted by molar-refractivity contribution is 0.0776. The van der Waals surface area contributed by atoms with Crippen LogP contribution in [-0.4, -0.2) is 53.9 Å². The number of hydrogen-bond donors (Lipinski definition) is 2. The van der Waals surface area contributed by atoms with Crippen LogP contribution < -0.4 is 15.4 Å². The topological polar surface area (TPSA) is 92.5 Å². The van der Waals surface area contributed by atoms with Gasteiger partial charge in [0.1, 0.15) is 5.75 Å². The molecule has 1 aromatic carbocycles. The number of methoxy groups -OCH3 is 1. The second kappa shape index (κ2) is 7.56. The Morgan fingerprint density at radius 2 is 2.15 bits per heavy atom. The molecule has 3 aliphatic rings. The van der Waals surface area contributed by atoms with Crippen molar-refractivity contribution >= 4 is 11.7 Å². The smallest absolute Gasteiger partial charge is 0.319 e. The summed E-state index contributed by atoms with van der Waals surface area (Å²) in [7, 11) is 1.58. The number of rotatable bonds is 5. The number of anilines is 1. The van der Waals surface area contributed by atoms with E-state index in [1.807, 2.05) is 13.0 Å². The minimum atomic E-state index is -0.219. The van der Waals surface area contributed by atoms with E-state index in [2.05, 4.69) is 25.7 Å². The zero-order valence-corrected chi connectivity index (χ0v) is 15.7. The van der Waals surface area contributed by atoms with E-state index >= 15 is 0 Å². The summed E-state index contributed by atoms with van der Waals surface area (Å²) in [5.74, 6) is 2.16. The molecule has 0 aliphatic carbocycles. The van der Waals surface area contributed by atoms with E-state index in [0.717, 1.165) is 38.0 Å². The number of hydrogen-bond acceptors (Lipinski definition) is 6. The van der Waals surface area contributed by atoms with Gasteiger partial charge in [0.2, 0.25) is 11.8 Å². The van der Waals surface area contributed by atoms with E-state index in [9.17, 15) is 4.79 Å². The van der Waals surface area contributed by atoms with Gasteiger partial charge in [0.05, 0.1) is 12.8 Å². The van der Waals surface area contributed by atoms with Crippen molar-refractivity contribution in [2.24, 2.45) is 5.92 Å². The molecule has 2 N–H and O–H groups in total. The third-order valence-electron chi connectivity index (χ3n) is 5.44. The zero-order chi connectivity index (χ0) is 18.8. The average Bonchev–Trinajstić information content (AvgIpc) is 3.18. The van der Waals surface area contributed by atoms with Crippen molar-refractivity contribution in [1.82, 2.24) is 20.4 Å². The molecule has 27 heavy (non-hydrogen) atoms. The Bertz CT molecular complexity index is 813. The molecule has 5 rings (SSSR count). The SMILES string of the molecule is CCc1nnc(-c2ccc(OC)c(NC(=O)N[C@@H]3CN4CCC3CC4)c2)o1. The van der Waals surface area contributed by atoms with E-state index < -0.39 is 0 Å². The number of carbonyl (C=O) groups is 1. The van der Waals surface area contributed by atoms with Gasteiger partial charge in [-0.15, -0.1) is 10.2 Å². The number of nitrogens with zero attached hydrogens (tertiary/aromatic N) is 3. The number of piperidine rings is 3. The Kier molecular flexibility index (Phi) is 4.98. The van der Waals surface area contributed by atoms with E-state index in [-0.39, 0.29) is 12.1 Å². The van der Waals surface area contributed by atoms with Crippen LogP contribution in [0.15, 0.2) is 22.6 Å². The molecule has 2 aromatic rings. The molecule has 2 bridgehead atoms. The van der Waals surface area contributed by atoms with Gasteiger partial charge < -0.3 is 24.7 Å². The maximum Gasteiger partial charge on any atom is 0.319 e. The first-order valence-corrected chi connectivity index (χ1v) is 9.47. The monoisotopic (exact) mass is 371 g/mol. The van der Waals surface area contributed by atoms with Crippen LogP contribution in [0.25, 0.3) is 11.5 Å². The van der Waals surface area contributed by atoms with Gasteiger partial charge in [-0.25, -0.2) is 4.79 Å². The first-order valence-electron chi connectivity index (χ1n) is 9.47. The zero-order valence-electron chi connectivity index (χ0n) is 15.7. The molecule has 0 unspecified atom stereocenters. The van der Waals surface area contributed by atoms with Crippen molar-refractivity contribution < 1.29 is 13.9 Å². The summed E-state index contributed by atoms with van der Waals surface area (Å²) < 4.78 is 11.0. The third-order valence-corrected chi connectivity index (χ3v) is 5.44. The van der Waals surface area contributed by atoms with Crippen LogP contribution in [0.4, 0.5) is 10.5 Å². The van der Waals surface area contributed by atoms with Crippen LogP contribution in [-0.2, 0) is 6.42 Å². The van der Waals surface area contributed by atoms with Crippen LogP contribution in [0.5, 0.6) is 5.75 Å². The predicted octanol–water partition coefficient (Wildman–Crippen LogP) is 2.52. The van der Waals surface area contributed by atoms with Gasteiger partial charge in [-0.3, -0.25) is 0 Å². The summed E-state index contributed by atoms with van der Waals surface area (Å²) in [6.07, 6.45) is 2.98. The van der Waals surface area contributed by atoms with Gasteiger partial charge in [0.15, 0.2) is 0 Å². The van der Waals surface area contributed by atoms with E-state index in [0.29, 0.717) is 35.6 Å². The quantitative estimate of drug-likeness (QED) is 0.839. The maximum atomic E-state index is 12.6. The van der Waals surface area contributed by atoms with E-state index in [4.69, 9.17) is 9.15 Å². The predicted molar refractivity (Wildman–Crippen MR) is 101 cm³/mol. The van der Waals surface area contributed by atoms with Crippen LogP contribution in [0.2, 0.25) is 0 Å². The Labute approximate surface area is 158 Å². The molecular formula is C19H25N5O3. The second-order valence-corrected chi connectivity index (χ2v) is 7.11. The molecule has 4 heterocycles. The number of urea groups is 1. The molecule has 1 aromatic heterocycles. The summed E-state index contributed by atoms with van der Waals surface area (Å²) >= 11 is 0. The van der Waals surface area contributed by atoms with Crippen LogP contribution in [0.1, 0.15) is 25.7 Å². The summed E-state index contributed by atoms with van der Waals surface area (Å²) in [6, 6.07) is 5.40. The second-order valence-electron chi connectivity index (χ2n) is 7.11. The van der Waals surface area contributed by atoms with Crippen LogP contribution in [0, 0.1) is 5.92 Å². The molecule has 2 amide bonds. The van der Waals surface area contributed by atoms with Crippen molar-refractivity contribution in [3.05, 3.63) is 24.1 Å². The van der Waals surface area contributed by atoms with Crippen molar-refractivity contribution in [2.75, 3.05) is 32.1 Å². The molecule has 1 atom stereocenters. The Morgan fingerprint density at radius 3 is 2.78 bits per heavy atom. The molecule has 144 valence electrons. The fraction of sp³-hybridized carbons (Fsp3) is 0.526.